The number of unbranched alkanes of at least 4 members (excludes halogenated alkanes) is 2. The number of ether oxygens (including phenoxy) is 3. The smallest absolute Gasteiger partial charge is 0.243 e. The number of sulfonamides is 1. The number of hydrogen-bond donors (Lipinski definition) is 3. The largest absolute Gasteiger partial charge is 0.490 e. The molecule has 0 bridgehead atoms. The van der Waals surface area contributed by atoms with Crippen LogP contribution in [-0.4, -0.2) is 79.4 Å². The highest BCUT2D eigenvalue weighted by Crippen LogP contribution is 2.62. The first kappa shape index (κ1) is 45.7. The van der Waals surface area contributed by atoms with E-state index in [2.05, 4.69) is 24.6 Å². The predicted molar refractivity (Wildman–Crippen MR) is 237 cm³/mol. The molecule has 0 saturated heterocycles. The van der Waals surface area contributed by atoms with Gasteiger partial charge in [-0.1, -0.05) is 80.1 Å². The zero-order chi connectivity index (χ0) is 43.4. The van der Waals surface area contributed by atoms with Crippen LogP contribution in [0.1, 0.15) is 82.3 Å². The molecule has 1 saturated carbocycles. The summed E-state index contributed by atoms with van der Waals surface area (Å²) < 4.78 is 52.3. The number of hydrogen-bond acceptors (Lipinski definition) is 10. The van der Waals surface area contributed by atoms with Gasteiger partial charge in [-0.15, -0.1) is 6.58 Å². The second-order valence-corrected chi connectivity index (χ2v) is 17.8. The van der Waals surface area contributed by atoms with Crippen LogP contribution >= 0.6 is 0 Å². The molecule has 0 radical (unpaired) electrons. The summed E-state index contributed by atoms with van der Waals surface area (Å²) in [5.74, 6) is -1.42. The van der Waals surface area contributed by atoms with Crippen LogP contribution in [0.25, 0.3) is 0 Å². The van der Waals surface area contributed by atoms with Gasteiger partial charge in [0, 0.05) is 50.3 Å². The summed E-state index contributed by atoms with van der Waals surface area (Å²) in [4.78, 5) is 18.1. The van der Waals surface area contributed by atoms with Gasteiger partial charge in [0.1, 0.15) is 24.7 Å². The lowest BCUT2D eigenvalue weighted by atomic mass is 9.55. The van der Waals surface area contributed by atoms with Crippen molar-refractivity contribution < 1.29 is 42.5 Å². The van der Waals surface area contributed by atoms with Crippen LogP contribution < -0.4 is 14.8 Å². The van der Waals surface area contributed by atoms with Gasteiger partial charge in [0.25, 0.3) is 0 Å². The van der Waals surface area contributed by atoms with Crippen molar-refractivity contribution in [1.82, 2.24) is 4.31 Å². The number of carbonyl (C=O) groups excluding carboxylic acids is 1. The van der Waals surface area contributed by atoms with Crippen molar-refractivity contribution in [3.05, 3.63) is 121 Å². The average Bonchev–Trinajstić information content (AvgIpc) is 3.26. The van der Waals surface area contributed by atoms with E-state index < -0.39 is 27.8 Å². The summed E-state index contributed by atoms with van der Waals surface area (Å²) in [5.41, 5.74) is 3.82. The molecule has 3 aromatic rings. The van der Waals surface area contributed by atoms with Crippen molar-refractivity contribution in [1.29, 1.82) is 0 Å². The zero-order valence-electron chi connectivity index (χ0n) is 35.4. The molecule has 13 heteroatoms. The number of fused-ring (bicyclic) bond motifs is 2. The summed E-state index contributed by atoms with van der Waals surface area (Å²) >= 11 is 0. The van der Waals surface area contributed by atoms with E-state index in [1.165, 1.54) is 23.4 Å². The van der Waals surface area contributed by atoms with E-state index in [1.54, 1.807) is 24.3 Å². The molecule has 1 aliphatic heterocycles. The number of amides is 1. The minimum absolute atomic E-state index is 0.00536. The lowest BCUT2D eigenvalue weighted by Gasteiger charge is -2.59. The molecular weight excluding hydrogens is 795 g/mol. The number of allylic oxidation sites excluding steroid dienone is 1. The van der Waals surface area contributed by atoms with Crippen molar-refractivity contribution in [3.8, 4) is 11.5 Å². The predicted octanol–water partition coefficient (Wildman–Crippen LogP) is 8.14. The Hall–Kier alpha value is -4.79. The fraction of sp³-hybridized carbons (Fsp3) is 0.458. The van der Waals surface area contributed by atoms with Crippen LogP contribution in [0.15, 0.2) is 120 Å². The van der Waals surface area contributed by atoms with E-state index >= 15 is 8.42 Å². The van der Waals surface area contributed by atoms with Crippen LogP contribution in [0.5, 0.6) is 11.5 Å². The molecule has 1 amide bonds. The summed E-state index contributed by atoms with van der Waals surface area (Å²) in [5, 5.41) is 27.4. The molecule has 1 heterocycles. The van der Waals surface area contributed by atoms with Crippen molar-refractivity contribution in [2.24, 2.45) is 22.9 Å². The molecule has 6 atom stereocenters. The van der Waals surface area contributed by atoms with Crippen LogP contribution in [0.3, 0.4) is 0 Å². The average molecular weight is 856 g/mol. The highest BCUT2D eigenvalue weighted by atomic mass is 32.2. The molecule has 6 rings (SSSR count). The lowest BCUT2D eigenvalue weighted by Crippen LogP contribution is -2.70. The minimum Gasteiger partial charge on any atom is -0.490 e. The molecule has 1 fully saturated rings. The zero-order valence-corrected chi connectivity index (χ0v) is 36.2. The number of anilines is 1. The monoisotopic (exact) mass is 855 g/mol. The second kappa shape index (κ2) is 21.3. The molecule has 2 aliphatic carbocycles. The number of nitrogens with one attached hydrogen (secondary N) is 1. The Kier molecular flexibility index (Phi) is 16.0. The third-order valence-corrected chi connectivity index (χ3v) is 13.8. The van der Waals surface area contributed by atoms with Crippen LogP contribution in [0, 0.1) is 17.8 Å². The van der Waals surface area contributed by atoms with Crippen LogP contribution in [-0.2, 0) is 31.0 Å². The molecule has 3 N–H and O–H groups in total. The Bertz CT molecular complexity index is 2120. The highest BCUT2D eigenvalue weighted by molar-refractivity contribution is 7.89. The quantitative estimate of drug-likeness (QED) is 0.0487. The number of benzene rings is 3. The Labute approximate surface area is 361 Å². The van der Waals surface area contributed by atoms with Gasteiger partial charge in [0.2, 0.25) is 21.7 Å². The third-order valence-electron chi connectivity index (χ3n) is 11.8. The van der Waals surface area contributed by atoms with E-state index in [4.69, 9.17) is 24.2 Å². The van der Waals surface area contributed by atoms with Crippen LogP contribution in [0.2, 0.25) is 0 Å². The maximum Gasteiger partial charge on any atom is 0.243 e. The van der Waals surface area contributed by atoms with E-state index in [0.717, 1.165) is 42.4 Å². The number of nitrogens with zero attached hydrogens (tertiary/aromatic N) is 2. The maximum atomic E-state index is 15.2. The molecule has 0 aromatic heterocycles. The van der Waals surface area contributed by atoms with Gasteiger partial charge in [0.15, 0.2) is 0 Å². The fourth-order valence-electron chi connectivity index (χ4n) is 9.34. The Morgan fingerprint density at radius 3 is 2.38 bits per heavy atom. The Morgan fingerprint density at radius 2 is 1.70 bits per heavy atom. The fourth-order valence-corrected chi connectivity index (χ4v) is 11.1. The van der Waals surface area contributed by atoms with Crippen molar-refractivity contribution >= 4 is 27.3 Å². The number of aliphatic hydroxyl groups is 2. The van der Waals surface area contributed by atoms with Gasteiger partial charge in [-0.3, -0.25) is 4.79 Å². The molecule has 3 aliphatic rings. The van der Waals surface area contributed by atoms with E-state index in [1.807, 2.05) is 55.5 Å². The van der Waals surface area contributed by atoms with E-state index in [0.29, 0.717) is 48.8 Å². The normalized spacial score (nSPS) is 23.6. The molecule has 328 valence electrons. The summed E-state index contributed by atoms with van der Waals surface area (Å²) in [6.07, 6.45) is 10.6. The number of oxime groups is 1. The van der Waals surface area contributed by atoms with Gasteiger partial charge >= 0.3 is 0 Å². The Balaban J connectivity index is 1.60. The third kappa shape index (κ3) is 10.3. The molecule has 61 heavy (non-hydrogen) atoms. The first-order valence-electron chi connectivity index (χ1n) is 21.5. The topological polar surface area (TPSA) is 156 Å². The summed E-state index contributed by atoms with van der Waals surface area (Å²) in [6, 6.07) is 20.7. The summed E-state index contributed by atoms with van der Waals surface area (Å²) in [6.45, 7) is 12.1. The van der Waals surface area contributed by atoms with Gasteiger partial charge in [0.05, 0.1) is 29.2 Å². The maximum absolute atomic E-state index is 15.2. The van der Waals surface area contributed by atoms with Crippen molar-refractivity contribution in [2.75, 3.05) is 38.3 Å². The first-order valence-corrected chi connectivity index (χ1v) is 22.9. The minimum atomic E-state index is -4.24. The lowest BCUT2D eigenvalue weighted by molar-refractivity contribution is -0.251. The van der Waals surface area contributed by atoms with Crippen molar-refractivity contribution in [3.63, 3.8) is 0 Å². The molecule has 3 aromatic carbocycles. The summed E-state index contributed by atoms with van der Waals surface area (Å²) in [7, 11) is -4.24. The SMILES string of the molecule is C=CCOc1ccc2c(c1)[C@H]1[C@H](CCCCO)[C@@H](CCCCO)C=C3C(=NOCc4ccccc4)C[C@H](N(CCC)S(=O)(=O)c4ccc(NC(C)=O)cc4)[C@@](OCC=C)(O2)[C@H]31. The molecule has 12 nitrogen and oxygen atoms in total. The van der Waals surface area contributed by atoms with E-state index in [9.17, 15) is 15.0 Å². The van der Waals surface area contributed by atoms with Crippen LogP contribution in [0.4, 0.5) is 5.69 Å². The number of carbonyl (C=O) groups is 1. The molecule has 0 unspecified atom stereocenters. The van der Waals surface area contributed by atoms with Gasteiger partial charge < -0.3 is 34.6 Å². The first-order chi connectivity index (χ1) is 29.6. The second-order valence-electron chi connectivity index (χ2n) is 16.0. The molecular formula is C48H61N3O9S. The highest BCUT2D eigenvalue weighted by Gasteiger charge is 2.66. The Morgan fingerprint density at radius 1 is 0.984 bits per heavy atom. The van der Waals surface area contributed by atoms with Gasteiger partial charge in [-0.25, -0.2) is 8.42 Å². The van der Waals surface area contributed by atoms with Gasteiger partial charge in [-0.05, 0) is 97.5 Å². The van der Waals surface area contributed by atoms with E-state index in [-0.39, 0.29) is 67.9 Å². The number of rotatable bonds is 23. The van der Waals surface area contributed by atoms with Crippen molar-refractivity contribution in [2.45, 2.75) is 94.5 Å². The van der Waals surface area contributed by atoms with Gasteiger partial charge in [-0.2, -0.15) is 4.31 Å². The standard InChI is InChI=1S/C48H61N3O9S/c1-5-25-51(61(55,56)39-22-19-37(20-23-39)49-34(4)54)45-32-43(50-59-33-35-15-9-8-10-16-35)41-30-36(17-11-13-26-52)40(18-12-14-27-53)46-42-31-38(57-28-6-2)21-24-44(42)60-48(45,47(41)46)58-29-7-3/h6-10,15-16,19-24,30-31,36,40,45-47,52-53H,2-3,5,11-14,17-18,25-29,32-33H2,1,4H3,(H,49,54)/t36-,40+,45-,46+,47+,48+/m0/s1. The number of aliphatic hydroxyl groups excluding tert-OH is 2. The molecule has 0 spiro atoms.